The molecule has 1 N–H and O–H groups in total. The summed E-state index contributed by atoms with van der Waals surface area (Å²) in [5.74, 6) is -1.08. The normalized spacial score (nSPS) is 14.5. The number of fused-ring (bicyclic) bond motifs is 1. The fraction of sp³-hybridized carbons (Fsp3) is 0.353. The minimum Gasteiger partial charge on any atom is -0.493 e. The summed E-state index contributed by atoms with van der Waals surface area (Å²) in [5.41, 5.74) is 2.24. The summed E-state index contributed by atoms with van der Waals surface area (Å²) in [7, 11) is 0. The smallest absolute Gasteiger partial charge is 0.371 e. The van der Waals surface area contributed by atoms with E-state index in [4.69, 9.17) is 19.0 Å². The number of hydrogen-bond acceptors (Lipinski definition) is 6. The molecule has 0 atom stereocenters. The third-order valence-electron chi connectivity index (χ3n) is 7.62. The van der Waals surface area contributed by atoms with Crippen LogP contribution in [0.25, 0.3) is 11.0 Å². The van der Waals surface area contributed by atoms with Crippen LogP contribution >= 0.6 is 0 Å². The predicted molar refractivity (Wildman–Crippen MR) is 159 cm³/mol. The molecule has 1 aliphatic heterocycles. The molecule has 0 unspecified atom stereocenters. The van der Waals surface area contributed by atoms with Crippen molar-refractivity contribution in [1.29, 1.82) is 0 Å². The van der Waals surface area contributed by atoms with Crippen molar-refractivity contribution in [3.05, 3.63) is 112 Å². The van der Waals surface area contributed by atoms with Gasteiger partial charge in [0.2, 0.25) is 5.76 Å². The molecule has 214 valence electrons. The highest BCUT2D eigenvalue weighted by Crippen LogP contribution is 2.30. The summed E-state index contributed by atoms with van der Waals surface area (Å²) in [4.78, 5) is 25.8. The lowest BCUT2D eigenvalue weighted by Gasteiger charge is -2.34. The van der Waals surface area contributed by atoms with Gasteiger partial charge < -0.3 is 23.9 Å². The lowest BCUT2D eigenvalue weighted by Crippen LogP contribution is -2.38. The summed E-state index contributed by atoms with van der Waals surface area (Å²) in [6.45, 7) is 3.78. The maximum absolute atomic E-state index is 12.1. The van der Waals surface area contributed by atoms with Crippen LogP contribution in [0.3, 0.4) is 0 Å². The highest BCUT2D eigenvalue weighted by Gasteiger charge is 2.24. The number of nitrogens with zero attached hydrogens (tertiary/aromatic N) is 1. The van der Waals surface area contributed by atoms with Crippen LogP contribution in [-0.4, -0.2) is 48.3 Å². The van der Waals surface area contributed by atoms with E-state index >= 15 is 0 Å². The van der Waals surface area contributed by atoms with Crippen molar-refractivity contribution in [3.8, 4) is 5.75 Å². The number of aromatic carboxylic acids is 1. The summed E-state index contributed by atoms with van der Waals surface area (Å²) in [6.07, 6.45) is 6.60. The molecule has 0 aliphatic carbocycles. The Morgan fingerprint density at radius 3 is 2.20 bits per heavy atom. The minimum atomic E-state index is -1.27. The largest absolute Gasteiger partial charge is 0.493 e. The summed E-state index contributed by atoms with van der Waals surface area (Å²) in [6, 6.07) is 26.9. The number of carbonyl (C=O) groups is 1. The molecule has 0 radical (unpaired) electrons. The number of hydrogen-bond donors (Lipinski definition) is 1. The molecule has 41 heavy (non-hydrogen) atoms. The molecule has 1 aliphatic rings. The van der Waals surface area contributed by atoms with Crippen LogP contribution in [0, 0.1) is 0 Å². The molecule has 0 bridgehead atoms. The number of benzene rings is 3. The van der Waals surface area contributed by atoms with Crippen LogP contribution in [-0.2, 0) is 4.74 Å². The fourth-order valence-corrected chi connectivity index (χ4v) is 5.38. The standard InChI is InChI=1S/C34H37NO6/c36-30-24-32(34(37)38)41-31-23-28(15-16-29(30)31)39-22-10-2-1-9-19-35-20-17-27(18-21-35)40-33(25-11-5-3-6-12-25)26-13-7-4-8-14-26/h3-8,11-16,23-24,27,33H,1-2,9-10,17-22H2,(H,37,38). The van der Waals surface area contributed by atoms with Gasteiger partial charge in [0, 0.05) is 25.2 Å². The van der Waals surface area contributed by atoms with E-state index in [1.54, 1.807) is 18.2 Å². The molecule has 1 saturated heterocycles. The number of carboxylic acid groups (broad SMARTS) is 1. The highest BCUT2D eigenvalue weighted by molar-refractivity contribution is 5.87. The Balaban J connectivity index is 0.995. The van der Waals surface area contributed by atoms with Crippen molar-refractivity contribution < 1.29 is 23.8 Å². The van der Waals surface area contributed by atoms with Gasteiger partial charge in [0.25, 0.3) is 0 Å². The zero-order valence-corrected chi connectivity index (χ0v) is 23.2. The van der Waals surface area contributed by atoms with Crippen molar-refractivity contribution in [2.24, 2.45) is 0 Å². The summed E-state index contributed by atoms with van der Waals surface area (Å²) >= 11 is 0. The van der Waals surface area contributed by atoms with Gasteiger partial charge >= 0.3 is 5.97 Å². The zero-order valence-electron chi connectivity index (χ0n) is 23.2. The highest BCUT2D eigenvalue weighted by atomic mass is 16.5. The second-order valence-electron chi connectivity index (χ2n) is 10.6. The van der Waals surface area contributed by atoms with E-state index in [1.807, 2.05) is 12.1 Å². The van der Waals surface area contributed by atoms with Crippen LogP contribution in [0.2, 0.25) is 0 Å². The van der Waals surface area contributed by atoms with Gasteiger partial charge in [0.1, 0.15) is 17.4 Å². The molecule has 0 saturated carbocycles. The van der Waals surface area contributed by atoms with Gasteiger partial charge in [-0.15, -0.1) is 0 Å². The van der Waals surface area contributed by atoms with Crippen LogP contribution in [0.15, 0.2) is 94.1 Å². The first-order valence-electron chi connectivity index (χ1n) is 14.5. The van der Waals surface area contributed by atoms with E-state index in [0.717, 1.165) is 64.2 Å². The topological polar surface area (TPSA) is 89.2 Å². The monoisotopic (exact) mass is 555 g/mol. The van der Waals surface area contributed by atoms with Gasteiger partial charge in [-0.3, -0.25) is 4.79 Å². The van der Waals surface area contributed by atoms with Gasteiger partial charge in [-0.05, 0) is 55.5 Å². The van der Waals surface area contributed by atoms with Crippen LogP contribution in [0.5, 0.6) is 5.75 Å². The Labute approximate surface area is 240 Å². The summed E-state index contributed by atoms with van der Waals surface area (Å²) < 4.78 is 17.8. The minimum absolute atomic E-state index is 0.0356. The fourth-order valence-electron chi connectivity index (χ4n) is 5.38. The number of ether oxygens (including phenoxy) is 2. The second-order valence-corrected chi connectivity index (χ2v) is 10.6. The van der Waals surface area contributed by atoms with Crippen LogP contribution in [0.4, 0.5) is 0 Å². The molecule has 2 heterocycles. The van der Waals surface area contributed by atoms with Gasteiger partial charge in [0.05, 0.1) is 18.1 Å². The van der Waals surface area contributed by atoms with E-state index in [-0.39, 0.29) is 29.0 Å². The van der Waals surface area contributed by atoms with Crippen LogP contribution in [0.1, 0.15) is 66.3 Å². The Morgan fingerprint density at radius 1 is 0.878 bits per heavy atom. The SMILES string of the molecule is O=C(O)c1cc(=O)c2ccc(OCCCCCCN3CCC(OC(c4ccccc4)c4ccccc4)CC3)cc2o1. The molecule has 0 spiro atoms. The number of carboxylic acids is 1. The predicted octanol–water partition coefficient (Wildman–Crippen LogP) is 6.70. The molecule has 1 fully saturated rings. The quantitative estimate of drug-likeness (QED) is 0.184. The van der Waals surface area contributed by atoms with Gasteiger partial charge in [-0.2, -0.15) is 0 Å². The van der Waals surface area contributed by atoms with Gasteiger partial charge in [0.15, 0.2) is 5.43 Å². The maximum atomic E-state index is 12.1. The first-order valence-corrected chi connectivity index (χ1v) is 14.5. The Kier molecular flexibility index (Phi) is 9.83. The average Bonchev–Trinajstić information content (AvgIpc) is 3.00. The van der Waals surface area contributed by atoms with Crippen LogP contribution < -0.4 is 10.2 Å². The van der Waals surface area contributed by atoms with Gasteiger partial charge in [-0.1, -0.05) is 73.5 Å². The molecule has 0 amide bonds. The van der Waals surface area contributed by atoms with Crippen molar-refractivity contribution in [2.45, 2.75) is 50.7 Å². The molecule has 1 aromatic heterocycles. The molecule has 4 aromatic rings. The van der Waals surface area contributed by atoms with Crippen molar-refractivity contribution >= 4 is 16.9 Å². The number of piperidine rings is 1. The zero-order chi connectivity index (χ0) is 28.4. The lowest BCUT2D eigenvalue weighted by molar-refractivity contribution is -0.0271. The van der Waals surface area contributed by atoms with E-state index in [9.17, 15) is 9.59 Å². The van der Waals surface area contributed by atoms with Gasteiger partial charge in [-0.25, -0.2) is 4.79 Å². The first-order chi connectivity index (χ1) is 20.1. The maximum Gasteiger partial charge on any atom is 0.371 e. The first kappa shape index (κ1) is 28.6. The lowest BCUT2D eigenvalue weighted by atomic mass is 10.00. The van der Waals surface area contributed by atoms with E-state index in [1.165, 1.54) is 11.1 Å². The molecule has 5 rings (SSSR count). The summed E-state index contributed by atoms with van der Waals surface area (Å²) in [5, 5.41) is 9.45. The van der Waals surface area contributed by atoms with Crippen molar-refractivity contribution in [3.63, 3.8) is 0 Å². The van der Waals surface area contributed by atoms with Crippen molar-refractivity contribution in [1.82, 2.24) is 4.90 Å². The second kappa shape index (κ2) is 14.1. The molecular weight excluding hydrogens is 518 g/mol. The third-order valence-corrected chi connectivity index (χ3v) is 7.62. The Bertz CT molecular complexity index is 1420. The molecule has 7 heteroatoms. The van der Waals surface area contributed by atoms with Crippen molar-refractivity contribution in [2.75, 3.05) is 26.2 Å². The third kappa shape index (κ3) is 7.84. The van der Waals surface area contributed by atoms with E-state index in [2.05, 4.69) is 53.4 Å². The number of likely N-dealkylation sites (tertiary alicyclic amines) is 1. The van der Waals surface area contributed by atoms with E-state index < -0.39 is 5.97 Å². The molecular formula is C34H37NO6. The average molecular weight is 556 g/mol. The molecule has 7 nitrogen and oxygen atoms in total. The molecule has 3 aromatic carbocycles. The van der Waals surface area contributed by atoms with E-state index in [0.29, 0.717) is 17.7 Å². The number of rotatable bonds is 13. The Morgan fingerprint density at radius 2 is 1.54 bits per heavy atom. The Hall–Kier alpha value is -3.94. The number of unbranched alkanes of at least 4 members (excludes halogenated alkanes) is 3.